The highest BCUT2D eigenvalue weighted by atomic mass is 16.4. The summed E-state index contributed by atoms with van der Waals surface area (Å²) in [5, 5.41) is 12.0. The number of amides is 2. The summed E-state index contributed by atoms with van der Waals surface area (Å²) in [5.74, 6) is 0.858. The molecular formula is C17H29N3O3. The Kier molecular flexibility index (Phi) is 5.09. The number of urea groups is 1. The number of rotatable bonds is 7. The van der Waals surface area contributed by atoms with Crippen LogP contribution >= 0.6 is 0 Å². The normalized spacial score (nSPS) is 30.3. The van der Waals surface area contributed by atoms with Gasteiger partial charge in [0, 0.05) is 25.2 Å². The Morgan fingerprint density at radius 1 is 1.22 bits per heavy atom. The van der Waals surface area contributed by atoms with E-state index in [1.165, 1.54) is 19.3 Å². The SMILES string of the molecule is CCN(CC(=O)O)C1CC(NC(=O)N2CCC(CC3CC3)C2)C1. The molecule has 2 aliphatic carbocycles. The van der Waals surface area contributed by atoms with Crippen LogP contribution in [0.1, 0.15) is 45.4 Å². The molecule has 0 aromatic heterocycles. The van der Waals surface area contributed by atoms with E-state index in [1.54, 1.807) is 0 Å². The monoisotopic (exact) mass is 323 g/mol. The molecule has 3 aliphatic rings. The van der Waals surface area contributed by atoms with E-state index >= 15 is 0 Å². The van der Waals surface area contributed by atoms with E-state index < -0.39 is 5.97 Å². The standard InChI is InChI=1S/C17H29N3O3/c1-2-19(11-16(21)22)15-8-14(9-15)18-17(23)20-6-5-13(10-20)7-12-3-4-12/h12-15H,2-11H2,1H3,(H,18,23)(H,21,22). The van der Waals surface area contributed by atoms with Crippen LogP contribution < -0.4 is 5.32 Å². The fourth-order valence-corrected chi connectivity index (χ4v) is 3.98. The molecule has 130 valence electrons. The Balaban J connectivity index is 1.36. The molecule has 1 atom stereocenters. The van der Waals surface area contributed by atoms with Gasteiger partial charge < -0.3 is 15.3 Å². The van der Waals surface area contributed by atoms with Crippen LogP contribution in [0.5, 0.6) is 0 Å². The van der Waals surface area contributed by atoms with E-state index in [-0.39, 0.29) is 18.6 Å². The van der Waals surface area contributed by atoms with Crippen LogP contribution in [0.15, 0.2) is 0 Å². The Morgan fingerprint density at radius 2 is 1.96 bits per heavy atom. The van der Waals surface area contributed by atoms with Crippen LogP contribution in [0.4, 0.5) is 4.79 Å². The van der Waals surface area contributed by atoms with Crippen molar-refractivity contribution < 1.29 is 14.7 Å². The molecule has 2 N–H and O–H groups in total. The maximum atomic E-state index is 12.3. The summed E-state index contributed by atoms with van der Waals surface area (Å²) >= 11 is 0. The molecule has 1 unspecified atom stereocenters. The highest BCUT2D eigenvalue weighted by molar-refractivity contribution is 5.75. The number of hydrogen-bond donors (Lipinski definition) is 2. The van der Waals surface area contributed by atoms with E-state index in [0.29, 0.717) is 12.0 Å². The molecular weight excluding hydrogens is 294 g/mol. The number of nitrogens with zero attached hydrogens (tertiary/aromatic N) is 2. The molecule has 1 saturated heterocycles. The van der Waals surface area contributed by atoms with Crippen LogP contribution in [0, 0.1) is 11.8 Å². The van der Waals surface area contributed by atoms with Gasteiger partial charge >= 0.3 is 12.0 Å². The van der Waals surface area contributed by atoms with Crippen LogP contribution in [0.25, 0.3) is 0 Å². The van der Waals surface area contributed by atoms with Crippen molar-refractivity contribution in [3.8, 4) is 0 Å². The largest absolute Gasteiger partial charge is 0.480 e. The number of hydrogen-bond acceptors (Lipinski definition) is 3. The first-order valence-corrected chi connectivity index (χ1v) is 9.06. The molecule has 1 heterocycles. The van der Waals surface area contributed by atoms with Crippen molar-refractivity contribution in [1.29, 1.82) is 0 Å². The van der Waals surface area contributed by atoms with Gasteiger partial charge in [-0.1, -0.05) is 19.8 Å². The van der Waals surface area contributed by atoms with Gasteiger partial charge in [-0.15, -0.1) is 0 Å². The highest BCUT2D eigenvalue weighted by Crippen LogP contribution is 2.38. The summed E-state index contributed by atoms with van der Waals surface area (Å²) in [5.41, 5.74) is 0. The average molecular weight is 323 g/mol. The number of nitrogens with one attached hydrogen (secondary N) is 1. The van der Waals surface area contributed by atoms with Crippen LogP contribution in [0.2, 0.25) is 0 Å². The Labute approximate surface area is 138 Å². The van der Waals surface area contributed by atoms with Gasteiger partial charge in [0.1, 0.15) is 0 Å². The van der Waals surface area contributed by atoms with Crippen molar-refractivity contribution in [1.82, 2.24) is 15.1 Å². The van der Waals surface area contributed by atoms with E-state index in [1.807, 2.05) is 16.7 Å². The van der Waals surface area contributed by atoms with Gasteiger partial charge in [0.05, 0.1) is 6.54 Å². The minimum atomic E-state index is -0.780. The first kappa shape index (κ1) is 16.6. The smallest absolute Gasteiger partial charge is 0.317 e. The Hall–Kier alpha value is -1.30. The first-order valence-electron chi connectivity index (χ1n) is 9.06. The van der Waals surface area contributed by atoms with Crippen LogP contribution in [-0.2, 0) is 4.79 Å². The minimum absolute atomic E-state index is 0.0769. The molecule has 3 fully saturated rings. The average Bonchev–Trinajstić information content (AvgIpc) is 3.15. The van der Waals surface area contributed by atoms with E-state index in [4.69, 9.17) is 5.11 Å². The second kappa shape index (κ2) is 7.07. The molecule has 1 aliphatic heterocycles. The quantitative estimate of drug-likeness (QED) is 0.749. The van der Waals surface area contributed by atoms with E-state index in [9.17, 15) is 9.59 Å². The summed E-state index contributed by atoms with van der Waals surface area (Å²) in [6, 6.07) is 0.577. The van der Waals surface area contributed by atoms with Crippen LogP contribution in [0.3, 0.4) is 0 Å². The predicted octanol–water partition coefficient (Wildman–Crippen LogP) is 1.76. The summed E-state index contributed by atoms with van der Waals surface area (Å²) in [4.78, 5) is 27.1. The number of carbonyl (C=O) groups excluding carboxylic acids is 1. The van der Waals surface area contributed by atoms with Crippen molar-refractivity contribution in [2.45, 2.75) is 57.5 Å². The molecule has 3 rings (SSSR count). The summed E-state index contributed by atoms with van der Waals surface area (Å²) in [6.45, 7) is 4.63. The lowest BCUT2D eigenvalue weighted by molar-refractivity contribution is -0.139. The number of aliphatic carboxylic acids is 1. The number of carboxylic acid groups (broad SMARTS) is 1. The van der Waals surface area contributed by atoms with Gasteiger partial charge in [0.2, 0.25) is 0 Å². The zero-order chi connectivity index (χ0) is 16.4. The maximum absolute atomic E-state index is 12.3. The van der Waals surface area contributed by atoms with Gasteiger partial charge in [0.15, 0.2) is 0 Å². The molecule has 2 amide bonds. The van der Waals surface area contributed by atoms with Crippen molar-refractivity contribution in [2.24, 2.45) is 11.8 Å². The molecule has 6 nitrogen and oxygen atoms in total. The third kappa shape index (κ3) is 4.37. The molecule has 6 heteroatoms. The molecule has 0 aromatic carbocycles. The number of carboxylic acids is 1. The van der Waals surface area contributed by atoms with Gasteiger partial charge in [-0.05, 0) is 44.1 Å². The van der Waals surface area contributed by atoms with Gasteiger partial charge in [-0.25, -0.2) is 4.79 Å². The summed E-state index contributed by atoms with van der Waals surface area (Å²) in [7, 11) is 0. The first-order chi connectivity index (χ1) is 11.0. The topological polar surface area (TPSA) is 72.9 Å². The van der Waals surface area contributed by atoms with Crippen molar-refractivity contribution in [2.75, 3.05) is 26.2 Å². The second-order valence-corrected chi connectivity index (χ2v) is 7.51. The van der Waals surface area contributed by atoms with Crippen molar-refractivity contribution in [3.05, 3.63) is 0 Å². The minimum Gasteiger partial charge on any atom is -0.480 e. The Morgan fingerprint density at radius 3 is 2.57 bits per heavy atom. The summed E-state index contributed by atoms with van der Waals surface area (Å²) in [6.07, 6.45) is 6.96. The van der Waals surface area contributed by atoms with E-state index in [2.05, 4.69) is 5.32 Å². The fraction of sp³-hybridized carbons (Fsp3) is 0.882. The fourth-order valence-electron chi connectivity index (χ4n) is 3.98. The molecule has 2 saturated carbocycles. The maximum Gasteiger partial charge on any atom is 0.317 e. The molecule has 0 aromatic rings. The zero-order valence-electron chi connectivity index (χ0n) is 14.0. The van der Waals surface area contributed by atoms with Gasteiger partial charge in [0.25, 0.3) is 0 Å². The summed E-state index contributed by atoms with van der Waals surface area (Å²) < 4.78 is 0. The third-order valence-electron chi connectivity index (χ3n) is 5.64. The lowest BCUT2D eigenvalue weighted by atomic mass is 9.85. The zero-order valence-corrected chi connectivity index (χ0v) is 14.0. The number of carbonyl (C=O) groups is 2. The van der Waals surface area contributed by atoms with Gasteiger partial charge in [-0.3, -0.25) is 9.69 Å². The number of likely N-dealkylation sites (N-methyl/N-ethyl adjacent to an activating group) is 1. The lowest BCUT2D eigenvalue weighted by Crippen LogP contribution is -2.56. The molecule has 0 bridgehead atoms. The molecule has 0 radical (unpaired) electrons. The molecule has 23 heavy (non-hydrogen) atoms. The van der Waals surface area contributed by atoms with Crippen molar-refractivity contribution in [3.63, 3.8) is 0 Å². The number of likely N-dealkylation sites (tertiary alicyclic amines) is 1. The Bertz CT molecular complexity index is 446. The van der Waals surface area contributed by atoms with Gasteiger partial charge in [-0.2, -0.15) is 0 Å². The lowest BCUT2D eigenvalue weighted by Gasteiger charge is -2.42. The predicted molar refractivity (Wildman–Crippen MR) is 87.2 cm³/mol. The second-order valence-electron chi connectivity index (χ2n) is 7.51. The van der Waals surface area contributed by atoms with Crippen molar-refractivity contribution >= 4 is 12.0 Å². The highest BCUT2D eigenvalue weighted by Gasteiger charge is 2.37. The van der Waals surface area contributed by atoms with E-state index in [0.717, 1.165) is 44.8 Å². The third-order valence-corrected chi connectivity index (χ3v) is 5.64. The molecule has 0 spiro atoms. The van der Waals surface area contributed by atoms with Crippen LogP contribution in [-0.4, -0.2) is 65.2 Å².